The molecule has 12 nitrogen and oxygen atoms in total. The van der Waals surface area contributed by atoms with Gasteiger partial charge in [0.1, 0.15) is 40.5 Å². The van der Waals surface area contributed by atoms with Crippen molar-refractivity contribution in [2.24, 2.45) is 0 Å². The number of pyridine rings is 1. The largest absolute Gasteiger partial charge is 0.455 e. The fourth-order valence-electron chi connectivity index (χ4n) is 5.84. The van der Waals surface area contributed by atoms with E-state index < -0.39 is 41.3 Å². The molecule has 4 heterocycles. The molecule has 0 radical (unpaired) electrons. The summed E-state index contributed by atoms with van der Waals surface area (Å²) in [4.78, 5) is 42.2. The molecule has 0 aliphatic carbocycles. The molecule has 250 valence electrons. The van der Waals surface area contributed by atoms with Crippen LogP contribution in [-0.2, 0) is 20.8 Å². The summed E-state index contributed by atoms with van der Waals surface area (Å²) in [5, 5.41) is 3.08. The number of sulfonamides is 1. The first-order chi connectivity index (χ1) is 23.3. The highest BCUT2D eigenvalue weighted by Gasteiger charge is 2.26. The third-order valence-electron chi connectivity index (χ3n) is 8.07. The Hall–Kier alpha value is -5.21. The standard InChI is InChI=1S/C33H26F2N5O7PS/c1-3-49(45,46)39-25-15-28-21(30(33(41)36-2)32(47-28)17-7-9-18(34)10-8-17)13-20(25)23-11-12-24-31(38-23)27-14-19-22(35)5-4-6-26(19)40(27)29(37-24)16-48(42,43)44/h4-15,39H,3,16H2,1-2H3,(H,36,41)(H2,42,43,44). The zero-order valence-corrected chi connectivity index (χ0v) is 27.4. The molecule has 0 spiro atoms. The van der Waals surface area contributed by atoms with E-state index in [0.29, 0.717) is 22.0 Å². The van der Waals surface area contributed by atoms with Crippen LogP contribution in [0.15, 0.2) is 77.2 Å². The molecule has 1 amide bonds. The van der Waals surface area contributed by atoms with E-state index in [-0.39, 0.29) is 61.8 Å². The smallest absolute Gasteiger partial charge is 0.333 e. The summed E-state index contributed by atoms with van der Waals surface area (Å²) >= 11 is 0. The van der Waals surface area contributed by atoms with E-state index in [1.54, 1.807) is 24.3 Å². The van der Waals surface area contributed by atoms with E-state index in [9.17, 15) is 36.3 Å². The highest BCUT2D eigenvalue weighted by Crippen LogP contribution is 2.42. The molecule has 49 heavy (non-hydrogen) atoms. The van der Waals surface area contributed by atoms with Gasteiger partial charge in [-0.1, -0.05) is 6.07 Å². The maximum absolute atomic E-state index is 15.0. The lowest BCUT2D eigenvalue weighted by Crippen LogP contribution is -2.18. The van der Waals surface area contributed by atoms with Crippen LogP contribution in [0.1, 0.15) is 23.1 Å². The van der Waals surface area contributed by atoms with Gasteiger partial charge in [-0.2, -0.15) is 0 Å². The van der Waals surface area contributed by atoms with E-state index in [0.717, 1.165) is 0 Å². The molecule has 7 aromatic rings. The lowest BCUT2D eigenvalue weighted by atomic mass is 10.0. The van der Waals surface area contributed by atoms with Gasteiger partial charge in [0, 0.05) is 35.0 Å². The Morgan fingerprint density at radius 3 is 2.43 bits per heavy atom. The van der Waals surface area contributed by atoms with Crippen LogP contribution >= 0.6 is 7.60 Å². The third kappa shape index (κ3) is 5.80. The van der Waals surface area contributed by atoms with Gasteiger partial charge in [-0.25, -0.2) is 27.2 Å². The molecule has 16 heteroatoms. The number of hydrogen-bond acceptors (Lipinski definition) is 7. The second-order valence-electron chi connectivity index (χ2n) is 11.2. The number of carbonyl (C=O) groups excluding carboxylic acids is 1. The molecule has 0 saturated carbocycles. The Morgan fingerprint density at radius 2 is 1.73 bits per heavy atom. The van der Waals surface area contributed by atoms with Crippen molar-refractivity contribution in [2.45, 2.75) is 13.1 Å². The van der Waals surface area contributed by atoms with Gasteiger partial charge in [0.2, 0.25) is 10.0 Å². The van der Waals surface area contributed by atoms with Gasteiger partial charge in [-0.15, -0.1) is 0 Å². The number of halogens is 2. The summed E-state index contributed by atoms with van der Waals surface area (Å²) in [7, 11) is -7.02. The maximum Gasteiger partial charge on any atom is 0.333 e. The molecule has 4 aromatic heterocycles. The van der Waals surface area contributed by atoms with Gasteiger partial charge in [-0.05, 0) is 67.6 Å². The Morgan fingerprint density at radius 1 is 0.980 bits per heavy atom. The molecule has 0 fully saturated rings. The second kappa shape index (κ2) is 11.7. The van der Waals surface area contributed by atoms with Crippen LogP contribution in [0.5, 0.6) is 0 Å². The Bertz CT molecular complexity index is 2650. The van der Waals surface area contributed by atoms with E-state index in [1.165, 1.54) is 66.9 Å². The first kappa shape index (κ1) is 32.3. The highest BCUT2D eigenvalue weighted by molar-refractivity contribution is 7.92. The summed E-state index contributed by atoms with van der Waals surface area (Å²) in [5.74, 6) is -1.69. The Labute approximate surface area is 276 Å². The fraction of sp³-hybridized carbons (Fsp3) is 0.121. The van der Waals surface area contributed by atoms with Crippen LogP contribution in [-0.4, -0.2) is 51.3 Å². The van der Waals surface area contributed by atoms with Gasteiger partial charge < -0.3 is 19.5 Å². The average Bonchev–Trinajstić information content (AvgIpc) is 3.63. The first-order valence-corrected chi connectivity index (χ1v) is 18.2. The minimum atomic E-state index is -4.61. The topological polar surface area (TPSA) is 176 Å². The predicted octanol–water partition coefficient (Wildman–Crippen LogP) is 6.19. The molecular formula is C33H26F2N5O7PS. The number of fused-ring (bicyclic) bond motifs is 6. The number of nitrogens with one attached hydrogen (secondary N) is 2. The maximum atomic E-state index is 15.0. The van der Waals surface area contributed by atoms with Crippen molar-refractivity contribution in [2.75, 3.05) is 17.5 Å². The van der Waals surface area contributed by atoms with Crippen LogP contribution in [0.25, 0.3) is 61.0 Å². The second-order valence-corrected chi connectivity index (χ2v) is 14.9. The van der Waals surface area contributed by atoms with Gasteiger partial charge in [0.05, 0.1) is 39.2 Å². The van der Waals surface area contributed by atoms with Crippen LogP contribution in [0.4, 0.5) is 14.5 Å². The van der Waals surface area contributed by atoms with E-state index in [2.05, 4.69) is 15.0 Å². The molecule has 0 bridgehead atoms. The number of rotatable bonds is 8. The van der Waals surface area contributed by atoms with Crippen LogP contribution in [0, 0.1) is 11.6 Å². The normalized spacial score (nSPS) is 12.4. The SMILES string of the molecule is CCS(=O)(=O)Nc1cc2oc(-c3ccc(F)cc3)c(C(=O)NC)c2cc1-c1ccc2nc(CP(=O)(O)O)n3c4cccc(F)c4cc3c2n1. The zero-order chi connectivity index (χ0) is 34.8. The van der Waals surface area contributed by atoms with Crippen molar-refractivity contribution in [3.8, 4) is 22.6 Å². The number of anilines is 1. The summed E-state index contributed by atoms with van der Waals surface area (Å²) < 4.78 is 76.6. The molecule has 4 N–H and O–H groups in total. The molecule has 0 atom stereocenters. The quantitative estimate of drug-likeness (QED) is 0.134. The average molecular weight is 706 g/mol. The summed E-state index contributed by atoms with van der Waals surface area (Å²) in [6.45, 7) is 1.46. The highest BCUT2D eigenvalue weighted by atomic mass is 32.2. The number of aromatic nitrogens is 3. The van der Waals surface area contributed by atoms with E-state index in [1.807, 2.05) is 0 Å². The van der Waals surface area contributed by atoms with Gasteiger partial charge in [0.25, 0.3) is 5.91 Å². The minimum Gasteiger partial charge on any atom is -0.455 e. The number of benzene rings is 3. The van der Waals surface area contributed by atoms with Crippen LogP contribution < -0.4 is 10.0 Å². The number of amides is 1. The van der Waals surface area contributed by atoms with Gasteiger partial charge >= 0.3 is 7.60 Å². The lowest BCUT2D eigenvalue weighted by molar-refractivity contribution is 0.0964. The molecule has 0 aliphatic rings. The molecule has 3 aromatic carbocycles. The fourth-order valence-corrected chi connectivity index (χ4v) is 7.07. The van der Waals surface area contributed by atoms with Gasteiger partial charge in [-0.3, -0.25) is 18.5 Å². The van der Waals surface area contributed by atoms with E-state index >= 15 is 0 Å². The number of nitrogens with zero attached hydrogens (tertiary/aromatic N) is 3. The molecular weight excluding hydrogens is 679 g/mol. The van der Waals surface area contributed by atoms with Crippen molar-refractivity contribution in [3.05, 3.63) is 95.8 Å². The number of hydrogen-bond donors (Lipinski definition) is 4. The molecule has 7 rings (SSSR count). The van der Waals surface area contributed by atoms with Crippen molar-refractivity contribution < 1.29 is 40.8 Å². The summed E-state index contributed by atoms with van der Waals surface area (Å²) in [6.07, 6.45) is -0.722. The third-order valence-corrected chi connectivity index (χ3v) is 10.1. The van der Waals surface area contributed by atoms with Crippen molar-refractivity contribution >= 4 is 67.6 Å². The first-order valence-electron chi connectivity index (χ1n) is 14.8. The van der Waals surface area contributed by atoms with Crippen molar-refractivity contribution in [1.82, 2.24) is 19.7 Å². The Balaban J connectivity index is 1.53. The summed E-state index contributed by atoms with van der Waals surface area (Å²) in [6, 6.07) is 17.3. The monoisotopic (exact) mass is 705 g/mol. The Kier molecular flexibility index (Phi) is 7.75. The van der Waals surface area contributed by atoms with Gasteiger partial charge in [0.15, 0.2) is 0 Å². The predicted molar refractivity (Wildman–Crippen MR) is 181 cm³/mol. The van der Waals surface area contributed by atoms with Crippen molar-refractivity contribution in [3.63, 3.8) is 0 Å². The molecule has 0 unspecified atom stereocenters. The molecule has 0 aliphatic heterocycles. The minimum absolute atomic E-state index is 0.00858. The van der Waals surface area contributed by atoms with E-state index in [4.69, 9.17) is 9.40 Å². The zero-order valence-electron chi connectivity index (χ0n) is 25.7. The number of furan rings is 1. The van der Waals surface area contributed by atoms with Crippen LogP contribution in [0.2, 0.25) is 0 Å². The molecule has 0 saturated heterocycles. The van der Waals surface area contributed by atoms with Crippen molar-refractivity contribution in [1.29, 1.82) is 0 Å². The summed E-state index contributed by atoms with van der Waals surface area (Å²) in [5.41, 5.74) is 2.36. The van der Waals surface area contributed by atoms with Crippen LogP contribution in [0.3, 0.4) is 0 Å². The number of carbonyl (C=O) groups is 1. The lowest BCUT2D eigenvalue weighted by Gasteiger charge is -2.14.